The van der Waals surface area contributed by atoms with Crippen molar-refractivity contribution >= 4 is 0 Å². The number of hydrogen-bond acceptors (Lipinski definition) is 2. The Morgan fingerprint density at radius 3 is 2.76 bits per heavy atom. The Hall–Kier alpha value is -1.61. The van der Waals surface area contributed by atoms with E-state index in [2.05, 4.69) is 58.4 Å². The van der Waals surface area contributed by atoms with Crippen molar-refractivity contribution in [1.29, 1.82) is 0 Å². The van der Waals surface area contributed by atoms with Gasteiger partial charge in [0.25, 0.3) is 0 Å². The smallest absolute Gasteiger partial charge is 0.0648 e. The first-order chi connectivity index (χ1) is 10.4. The first kappa shape index (κ1) is 14.3. The van der Waals surface area contributed by atoms with Gasteiger partial charge in [-0.25, -0.2) is 4.68 Å². The maximum atomic E-state index is 4.57. The van der Waals surface area contributed by atoms with E-state index in [9.17, 15) is 0 Å². The molecule has 1 aromatic heterocycles. The predicted molar refractivity (Wildman–Crippen MR) is 86.9 cm³/mol. The lowest BCUT2D eigenvalue weighted by Crippen LogP contribution is -2.38. The van der Waals surface area contributed by atoms with Crippen molar-refractivity contribution in [2.24, 2.45) is 0 Å². The highest BCUT2D eigenvalue weighted by Crippen LogP contribution is 2.33. The van der Waals surface area contributed by atoms with E-state index in [4.69, 9.17) is 0 Å². The van der Waals surface area contributed by atoms with Crippen LogP contribution in [0.5, 0.6) is 0 Å². The molecule has 2 atom stereocenters. The lowest BCUT2D eigenvalue weighted by atomic mass is 9.82. The monoisotopic (exact) mass is 283 g/mol. The molecule has 1 fully saturated rings. The number of benzene rings is 1. The van der Waals surface area contributed by atoms with Crippen molar-refractivity contribution in [3.63, 3.8) is 0 Å². The van der Waals surface area contributed by atoms with Gasteiger partial charge in [0, 0.05) is 23.9 Å². The van der Waals surface area contributed by atoms with Gasteiger partial charge in [0.2, 0.25) is 0 Å². The topological polar surface area (TPSA) is 29.9 Å². The number of rotatable bonds is 5. The minimum absolute atomic E-state index is 0.577. The second kappa shape index (κ2) is 6.90. The van der Waals surface area contributed by atoms with E-state index in [1.165, 1.54) is 37.8 Å². The Labute approximate surface area is 127 Å². The second-order valence-corrected chi connectivity index (χ2v) is 5.95. The van der Waals surface area contributed by atoms with E-state index in [0.717, 1.165) is 12.2 Å². The fourth-order valence-electron chi connectivity index (χ4n) is 3.44. The lowest BCUT2D eigenvalue weighted by Gasteiger charge is -2.32. The molecule has 2 aromatic rings. The van der Waals surface area contributed by atoms with Crippen LogP contribution < -0.4 is 5.32 Å². The standard InChI is InChI=1S/C18H25N3/c1-2-13-19-17-11-7-6-10-16(17)18-12-14-20-21(18)15-8-4-3-5-9-15/h3-5,8-9,12,14,16-17,19H,2,6-7,10-11,13H2,1H3. The summed E-state index contributed by atoms with van der Waals surface area (Å²) in [4.78, 5) is 0. The van der Waals surface area contributed by atoms with Crippen LogP contribution in [0, 0.1) is 0 Å². The highest BCUT2D eigenvalue weighted by atomic mass is 15.3. The summed E-state index contributed by atoms with van der Waals surface area (Å²) >= 11 is 0. The summed E-state index contributed by atoms with van der Waals surface area (Å²) < 4.78 is 2.12. The Morgan fingerprint density at radius 2 is 1.95 bits per heavy atom. The molecule has 112 valence electrons. The second-order valence-electron chi connectivity index (χ2n) is 5.95. The number of nitrogens with one attached hydrogen (secondary N) is 1. The van der Waals surface area contributed by atoms with Gasteiger partial charge in [-0.1, -0.05) is 38.0 Å². The van der Waals surface area contributed by atoms with Crippen molar-refractivity contribution in [1.82, 2.24) is 15.1 Å². The molecule has 2 unspecified atom stereocenters. The van der Waals surface area contributed by atoms with Crippen LogP contribution in [0.1, 0.15) is 50.6 Å². The minimum Gasteiger partial charge on any atom is -0.313 e. The summed E-state index contributed by atoms with van der Waals surface area (Å²) in [5, 5.41) is 8.31. The number of nitrogens with zero attached hydrogens (tertiary/aromatic N) is 2. The zero-order valence-corrected chi connectivity index (χ0v) is 12.8. The molecule has 1 aliphatic carbocycles. The van der Waals surface area contributed by atoms with Gasteiger partial charge in [0.1, 0.15) is 0 Å². The van der Waals surface area contributed by atoms with Gasteiger partial charge in [0.15, 0.2) is 0 Å². The first-order valence-electron chi connectivity index (χ1n) is 8.23. The van der Waals surface area contributed by atoms with Crippen LogP contribution in [-0.4, -0.2) is 22.4 Å². The molecular formula is C18H25N3. The summed E-state index contributed by atoms with van der Waals surface area (Å²) in [5.41, 5.74) is 2.52. The van der Waals surface area contributed by atoms with E-state index in [1.807, 2.05) is 6.20 Å². The Bertz CT molecular complexity index is 547. The van der Waals surface area contributed by atoms with Crippen molar-refractivity contribution in [3.05, 3.63) is 48.3 Å². The molecule has 0 saturated heterocycles. The van der Waals surface area contributed by atoms with E-state index >= 15 is 0 Å². The largest absolute Gasteiger partial charge is 0.313 e. The Morgan fingerprint density at radius 1 is 1.14 bits per heavy atom. The van der Waals surface area contributed by atoms with Crippen LogP contribution >= 0.6 is 0 Å². The van der Waals surface area contributed by atoms with E-state index in [0.29, 0.717) is 12.0 Å². The summed E-state index contributed by atoms with van der Waals surface area (Å²) in [6.07, 6.45) is 8.35. The average molecular weight is 283 g/mol. The summed E-state index contributed by atoms with van der Waals surface area (Å²) in [7, 11) is 0. The third-order valence-electron chi connectivity index (χ3n) is 4.48. The maximum absolute atomic E-state index is 4.57. The lowest BCUT2D eigenvalue weighted by molar-refractivity contribution is 0.320. The Balaban J connectivity index is 1.87. The average Bonchev–Trinajstić information content (AvgIpc) is 3.03. The van der Waals surface area contributed by atoms with Gasteiger partial charge in [-0.2, -0.15) is 5.10 Å². The summed E-state index contributed by atoms with van der Waals surface area (Å²) in [5.74, 6) is 0.577. The van der Waals surface area contributed by atoms with Gasteiger partial charge in [-0.05, 0) is 44.0 Å². The first-order valence-corrected chi connectivity index (χ1v) is 8.23. The van der Waals surface area contributed by atoms with E-state index in [1.54, 1.807) is 0 Å². The van der Waals surface area contributed by atoms with Crippen LogP contribution in [0.2, 0.25) is 0 Å². The zero-order chi connectivity index (χ0) is 14.5. The fourth-order valence-corrected chi connectivity index (χ4v) is 3.44. The molecule has 21 heavy (non-hydrogen) atoms. The quantitative estimate of drug-likeness (QED) is 0.902. The van der Waals surface area contributed by atoms with Gasteiger partial charge < -0.3 is 5.32 Å². The molecule has 1 heterocycles. The highest BCUT2D eigenvalue weighted by molar-refractivity contribution is 5.33. The van der Waals surface area contributed by atoms with Crippen molar-refractivity contribution in [2.75, 3.05) is 6.54 Å². The molecule has 0 spiro atoms. The third-order valence-corrected chi connectivity index (χ3v) is 4.48. The fraction of sp³-hybridized carbons (Fsp3) is 0.500. The van der Waals surface area contributed by atoms with Crippen molar-refractivity contribution in [3.8, 4) is 5.69 Å². The molecule has 1 N–H and O–H groups in total. The molecular weight excluding hydrogens is 258 g/mol. The molecule has 0 bridgehead atoms. The normalized spacial score (nSPS) is 22.3. The number of hydrogen-bond donors (Lipinski definition) is 1. The molecule has 0 amide bonds. The van der Waals surface area contributed by atoms with Gasteiger partial charge >= 0.3 is 0 Å². The molecule has 3 nitrogen and oxygen atoms in total. The summed E-state index contributed by atoms with van der Waals surface area (Å²) in [6, 6.07) is 13.3. The molecule has 1 aromatic carbocycles. The molecule has 3 rings (SSSR count). The summed E-state index contributed by atoms with van der Waals surface area (Å²) in [6.45, 7) is 3.35. The molecule has 1 saturated carbocycles. The highest BCUT2D eigenvalue weighted by Gasteiger charge is 2.28. The van der Waals surface area contributed by atoms with Crippen LogP contribution in [0.15, 0.2) is 42.6 Å². The third kappa shape index (κ3) is 3.18. The van der Waals surface area contributed by atoms with Gasteiger partial charge in [-0.3, -0.25) is 0 Å². The SMILES string of the molecule is CCCNC1CCCCC1c1ccnn1-c1ccccc1. The number of para-hydroxylation sites is 1. The van der Waals surface area contributed by atoms with Crippen LogP contribution in [-0.2, 0) is 0 Å². The van der Waals surface area contributed by atoms with Crippen LogP contribution in [0.3, 0.4) is 0 Å². The van der Waals surface area contributed by atoms with Crippen molar-refractivity contribution < 1.29 is 0 Å². The van der Waals surface area contributed by atoms with Crippen LogP contribution in [0.25, 0.3) is 5.69 Å². The van der Waals surface area contributed by atoms with Crippen LogP contribution in [0.4, 0.5) is 0 Å². The van der Waals surface area contributed by atoms with Gasteiger partial charge in [0.05, 0.1) is 5.69 Å². The molecule has 0 aliphatic heterocycles. The molecule has 0 radical (unpaired) electrons. The maximum Gasteiger partial charge on any atom is 0.0648 e. The predicted octanol–water partition coefficient (Wildman–Crippen LogP) is 3.90. The van der Waals surface area contributed by atoms with E-state index < -0.39 is 0 Å². The van der Waals surface area contributed by atoms with Gasteiger partial charge in [-0.15, -0.1) is 0 Å². The number of aromatic nitrogens is 2. The molecule has 3 heteroatoms. The Kier molecular flexibility index (Phi) is 4.71. The van der Waals surface area contributed by atoms with Crippen molar-refractivity contribution in [2.45, 2.75) is 51.0 Å². The van der Waals surface area contributed by atoms with E-state index in [-0.39, 0.29) is 0 Å². The molecule has 1 aliphatic rings. The zero-order valence-electron chi connectivity index (χ0n) is 12.8. The minimum atomic E-state index is 0.577.